The van der Waals surface area contributed by atoms with Gasteiger partial charge in [-0.25, -0.2) is 0 Å². The van der Waals surface area contributed by atoms with E-state index in [0.29, 0.717) is 12.3 Å². The van der Waals surface area contributed by atoms with Gasteiger partial charge >= 0.3 is 0 Å². The maximum atomic E-state index is 11.5. The summed E-state index contributed by atoms with van der Waals surface area (Å²) in [6.45, 7) is 0. The second-order valence-corrected chi connectivity index (χ2v) is 3.47. The van der Waals surface area contributed by atoms with Crippen LogP contribution in [0.2, 0.25) is 0 Å². The highest BCUT2D eigenvalue weighted by Gasteiger charge is 2.09. The fourth-order valence-electron chi connectivity index (χ4n) is 1.20. The first-order chi connectivity index (χ1) is 7.19. The van der Waals surface area contributed by atoms with Gasteiger partial charge in [0.05, 0.1) is 7.11 Å². The Hall–Kier alpha value is -1.22. The van der Waals surface area contributed by atoms with Crippen LogP contribution < -0.4 is 9.64 Å². The van der Waals surface area contributed by atoms with Gasteiger partial charge in [-0.1, -0.05) is 0 Å². The Morgan fingerprint density at radius 3 is 2.47 bits per heavy atom. The van der Waals surface area contributed by atoms with E-state index in [0.717, 1.165) is 11.4 Å². The van der Waals surface area contributed by atoms with Crippen molar-refractivity contribution < 1.29 is 9.53 Å². The summed E-state index contributed by atoms with van der Waals surface area (Å²) in [6, 6.07) is 7.32. The Labute approximate surface area is 94.6 Å². The minimum Gasteiger partial charge on any atom is -0.497 e. The first-order valence-corrected chi connectivity index (χ1v) is 5.19. The molecule has 0 aliphatic carbocycles. The van der Waals surface area contributed by atoms with Gasteiger partial charge in [0.15, 0.2) is 0 Å². The Morgan fingerprint density at radius 1 is 1.40 bits per heavy atom. The highest BCUT2D eigenvalue weighted by molar-refractivity contribution is 6.19. The summed E-state index contributed by atoms with van der Waals surface area (Å²) in [5.74, 6) is 1.13. The largest absolute Gasteiger partial charge is 0.497 e. The summed E-state index contributed by atoms with van der Waals surface area (Å²) in [6.07, 6.45) is 0.351. The van der Waals surface area contributed by atoms with Crippen molar-refractivity contribution in [1.29, 1.82) is 0 Å². The standard InChI is InChI=1S/C11H14ClNO2/c1-13(11(14)7-8-12)9-3-5-10(15-2)6-4-9/h3-6H,7-8H2,1-2H3. The second-order valence-electron chi connectivity index (χ2n) is 3.09. The number of alkyl halides is 1. The number of halogens is 1. The smallest absolute Gasteiger partial charge is 0.227 e. The van der Waals surface area contributed by atoms with Gasteiger partial charge in [-0.15, -0.1) is 11.6 Å². The Morgan fingerprint density at radius 2 is 2.00 bits per heavy atom. The van der Waals surface area contributed by atoms with Gasteiger partial charge in [-0.05, 0) is 24.3 Å². The van der Waals surface area contributed by atoms with Gasteiger partial charge in [0.1, 0.15) is 5.75 Å². The van der Waals surface area contributed by atoms with Crippen LogP contribution in [0.3, 0.4) is 0 Å². The van der Waals surface area contributed by atoms with Gasteiger partial charge < -0.3 is 9.64 Å². The molecule has 0 N–H and O–H groups in total. The average Bonchev–Trinajstić information content (AvgIpc) is 2.28. The molecule has 0 aromatic heterocycles. The molecule has 0 spiro atoms. The monoisotopic (exact) mass is 227 g/mol. The number of ether oxygens (including phenoxy) is 1. The quantitative estimate of drug-likeness (QED) is 0.739. The summed E-state index contributed by atoms with van der Waals surface area (Å²) in [7, 11) is 3.34. The van der Waals surface area contributed by atoms with Gasteiger partial charge in [-0.3, -0.25) is 4.79 Å². The molecule has 1 amide bonds. The third-order valence-electron chi connectivity index (χ3n) is 2.14. The van der Waals surface area contributed by atoms with Crippen molar-refractivity contribution >= 4 is 23.2 Å². The third kappa shape index (κ3) is 3.13. The van der Waals surface area contributed by atoms with E-state index < -0.39 is 0 Å². The van der Waals surface area contributed by atoms with Crippen molar-refractivity contribution in [1.82, 2.24) is 0 Å². The fourth-order valence-corrected chi connectivity index (χ4v) is 1.36. The van der Waals surface area contributed by atoms with Crippen LogP contribution in [0, 0.1) is 0 Å². The number of nitrogens with zero attached hydrogens (tertiary/aromatic N) is 1. The number of carbonyl (C=O) groups excluding carboxylic acids is 1. The molecule has 0 saturated carbocycles. The van der Waals surface area contributed by atoms with Gasteiger partial charge in [0.25, 0.3) is 0 Å². The second kappa shape index (κ2) is 5.61. The predicted molar refractivity (Wildman–Crippen MR) is 61.7 cm³/mol. The normalized spacial score (nSPS) is 9.80. The van der Waals surface area contributed by atoms with E-state index in [2.05, 4.69) is 0 Å². The maximum absolute atomic E-state index is 11.5. The van der Waals surface area contributed by atoms with Crippen LogP contribution in [-0.2, 0) is 4.79 Å². The number of benzene rings is 1. The lowest BCUT2D eigenvalue weighted by Crippen LogP contribution is -2.26. The topological polar surface area (TPSA) is 29.5 Å². The van der Waals surface area contributed by atoms with E-state index in [1.807, 2.05) is 24.3 Å². The molecule has 1 aromatic carbocycles. The Bertz CT molecular complexity index is 324. The first-order valence-electron chi connectivity index (χ1n) is 4.65. The van der Waals surface area contributed by atoms with E-state index in [1.54, 1.807) is 19.1 Å². The highest BCUT2D eigenvalue weighted by atomic mass is 35.5. The summed E-state index contributed by atoms with van der Waals surface area (Å²) >= 11 is 5.51. The number of anilines is 1. The van der Waals surface area contributed by atoms with E-state index >= 15 is 0 Å². The van der Waals surface area contributed by atoms with Crippen LogP contribution in [0.25, 0.3) is 0 Å². The molecule has 0 saturated heterocycles. The van der Waals surface area contributed by atoms with Gasteiger partial charge in [0.2, 0.25) is 5.91 Å². The van der Waals surface area contributed by atoms with Crippen molar-refractivity contribution in [2.45, 2.75) is 6.42 Å². The molecule has 4 heteroatoms. The van der Waals surface area contributed by atoms with Crippen LogP contribution in [0.5, 0.6) is 5.75 Å². The van der Waals surface area contributed by atoms with E-state index in [-0.39, 0.29) is 5.91 Å². The zero-order valence-corrected chi connectivity index (χ0v) is 9.62. The number of amides is 1. The zero-order chi connectivity index (χ0) is 11.3. The lowest BCUT2D eigenvalue weighted by Gasteiger charge is -2.16. The van der Waals surface area contributed by atoms with E-state index in [4.69, 9.17) is 16.3 Å². The lowest BCUT2D eigenvalue weighted by molar-refractivity contribution is -0.117. The van der Waals surface area contributed by atoms with Crippen molar-refractivity contribution in [3.63, 3.8) is 0 Å². The van der Waals surface area contributed by atoms with Gasteiger partial charge in [-0.2, -0.15) is 0 Å². The summed E-state index contributed by atoms with van der Waals surface area (Å²) in [5, 5.41) is 0. The summed E-state index contributed by atoms with van der Waals surface area (Å²) in [5.41, 5.74) is 0.839. The minimum atomic E-state index is 0.00941. The van der Waals surface area contributed by atoms with Crippen LogP contribution in [0.1, 0.15) is 6.42 Å². The van der Waals surface area contributed by atoms with Crippen molar-refractivity contribution in [3.05, 3.63) is 24.3 Å². The van der Waals surface area contributed by atoms with Gasteiger partial charge in [0, 0.05) is 25.0 Å². The molecular weight excluding hydrogens is 214 g/mol. The average molecular weight is 228 g/mol. The molecule has 0 fully saturated rings. The minimum absolute atomic E-state index is 0.00941. The first kappa shape index (κ1) is 11.9. The number of carbonyl (C=O) groups is 1. The van der Waals surface area contributed by atoms with Crippen molar-refractivity contribution in [2.24, 2.45) is 0 Å². The van der Waals surface area contributed by atoms with E-state index in [9.17, 15) is 4.79 Å². The molecule has 3 nitrogen and oxygen atoms in total. The molecule has 0 aliphatic rings. The molecule has 0 radical (unpaired) electrons. The molecule has 82 valence electrons. The molecule has 15 heavy (non-hydrogen) atoms. The van der Waals surface area contributed by atoms with Crippen LogP contribution in [0.4, 0.5) is 5.69 Å². The molecule has 0 atom stereocenters. The fraction of sp³-hybridized carbons (Fsp3) is 0.364. The van der Waals surface area contributed by atoms with E-state index in [1.165, 1.54) is 0 Å². The predicted octanol–water partition coefficient (Wildman–Crippen LogP) is 2.29. The van der Waals surface area contributed by atoms with Crippen LogP contribution >= 0.6 is 11.6 Å². The van der Waals surface area contributed by atoms with Crippen molar-refractivity contribution in [2.75, 3.05) is 24.9 Å². The molecule has 0 heterocycles. The molecule has 0 aliphatic heterocycles. The molecule has 1 aromatic rings. The van der Waals surface area contributed by atoms with Crippen molar-refractivity contribution in [3.8, 4) is 5.75 Å². The molecule has 1 rings (SSSR count). The number of methoxy groups -OCH3 is 1. The van der Waals surface area contributed by atoms with Crippen LogP contribution in [-0.4, -0.2) is 25.9 Å². The highest BCUT2D eigenvalue weighted by Crippen LogP contribution is 2.18. The number of hydrogen-bond donors (Lipinski definition) is 0. The third-order valence-corrected chi connectivity index (χ3v) is 2.33. The van der Waals surface area contributed by atoms with Crippen LogP contribution in [0.15, 0.2) is 24.3 Å². The Balaban J connectivity index is 2.73. The molecular formula is C11H14ClNO2. The number of hydrogen-bond acceptors (Lipinski definition) is 2. The SMILES string of the molecule is COc1ccc(N(C)C(=O)CCCl)cc1. The summed E-state index contributed by atoms with van der Waals surface area (Å²) in [4.78, 5) is 13.1. The summed E-state index contributed by atoms with van der Waals surface area (Å²) < 4.78 is 5.03. The number of rotatable bonds is 4. The molecule has 0 bridgehead atoms. The zero-order valence-electron chi connectivity index (χ0n) is 8.87. The Kier molecular flexibility index (Phi) is 4.43. The molecule has 0 unspecified atom stereocenters. The lowest BCUT2D eigenvalue weighted by atomic mass is 10.2. The maximum Gasteiger partial charge on any atom is 0.227 e.